The van der Waals surface area contributed by atoms with Gasteiger partial charge in [-0.1, -0.05) is 0 Å². The van der Waals surface area contributed by atoms with E-state index in [1.165, 1.54) is 23.0 Å². The molecule has 3 rings (SSSR count). The van der Waals surface area contributed by atoms with Gasteiger partial charge in [0.15, 0.2) is 5.16 Å². The van der Waals surface area contributed by atoms with Crippen LogP contribution in [0.4, 0.5) is 23.7 Å². The van der Waals surface area contributed by atoms with Gasteiger partial charge in [-0.05, 0) is 30.0 Å². The predicted octanol–water partition coefficient (Wildman–Crippen LogP) is 3.45. The Bertz CT molecular complexity index is 665. The van der Waals surface area contributed by atoms with E-state index >= 15 is 0 Å². The van der Waals surface area contributed by atoms with Crippen molar-refractivity contribution in [2.75, 3.05) is 5.32 Å². The summed E-state index contributed by atoms with van der Waals surface area (Å²) in [5.41, 5.74) is -0.665. The van der Waals surface area contributed by atoms with Crippen LogP contribution >= 0.6 is 11.8 Å². The molecule has 0 unspecified atom stereocenters. The Morgan fingerprint density at radius 3 is 2.84 bits per heavy atom. The van der Waals surface area contributed by atoms with Gasteiger partial charge in [0.1, 0.15) is 0 Å². The molecule has 1 aliphatic heterocycles. The van der Waals surface area contributed by atoms with Gasteiger partial charge in [0.2, 0.25) is 0 Å². The molecule has 4 nitrogen and oxygen atoms in total. The quantitative estimate of drug-likeness (QED) is 0.806. The highest BCUT2D eigenvalue weighted by molar-refractivity contribution is 7.99. The maximum absolute atomic E-state index is 12.6. The van der Waals surface area contributed by atoms with Crippen LogP contribution in [0.25, 0.3) is 0 Å². The summed E-state index contributed by atoms with van der Waals surface area (Å²) in [7, 11) is 0. The maximum atomic E-state index is 12.6. The number of halogens is 3. The molecule has 0 aliphatic carbocycles. The molecule has 19 heavy (non-hydrogen) atoms. The second-order valence-electron chi connectivity index (χ2n) is 3.82. The Morgan fingerprint density at radius 2 is 2.11 bits per heavy atom. The first kappa shape index (κ1) is 12.1. The highest BCUT2D eigenvalue weighted by Gasteiger charge is 2.32. The van der Waals surface area contributed by atoms with Gasteiger partial charge in [-0.25, -0.2) is 14.3 Å². The van der Waals surface area contributed by atoms with Crippen molar-refractivity contribution in [3.8, 4) is 0 Å². The highest BCUT2D eigenvalue weighted by atomic mass is 32.2. The molecule has 1 N–H and O–H groups in total. The number of benzene rings is 1. The highest BCUT2D eigenvalue weighted by Crippen LogP contribution is 2.39. The van der Waals surface area contributed by atoms with E-state index in [-0.39, 0.29) is 5.69 Å². The van der Waals surface area contributed by atoms with Crippen molar-refractivity contribution in [1.29, 1.82) is 0 Å². The summed E-state index contributed by atoms with van der Waals surface area (Å²) in [5, 5.41) is 2.85. The Morgan fingerprint density at radius 1 is 1.32 bits per heavy atom. The molecule has 1 aliphatic rings. The smallest absolute Gasteiger partial charge is 0.306 e. The monoisotopic (exact) mass is 285 g/mol. The van der Waals surface area contributed by atoms with Crippen LogP contribution in [0.15, 0.2) is 40.6 Å². The SMILES string of the molecule is O=C1Nc2cc(C(F)(F)F)ccc2Sc2nccn21. The van der Waals surface area contributed by atoms with Crippen molar-refractivity contribution in [1.82, 2.24) is 9.55 Å². The molecule has 1 aromatic carbocycles. The summed E-state index contributed by atoms with van der Waals surface area (Å²) >= 11 is 1.13. The molecule has 0 radical (unpaired) electrons. The van der Waals surface area contributed by atoms with E-state index < -0.39 is 17.8 Å². The first-order valence-corrected chi connectivity index (χ1v) is 6.00. The lowest BCUT2D eigenvalue weighted by atomic mass is 10.2. The second kappa shape index (κ2) is 4.02. The number of nitrogens with zero attached hydrogens (tertiary/aromatic N) is 2. The first-order valence-electron chi connectivity index (χ1n) is 5.19. The van der Waals surface area contributed by atoms with Crippen molar-refractivity contribution >= 4 is 23.5 Å². The number of amides is 1. The third-order valence-corrected chi connectivity index (χ3v) is 3.64. The lowest BCUT2D eigenvalue weighted by Gasteiger charge is -2.10. The number of aromatic nitrogens is 2. The lowest BCUT2D eigenvalue weighted by molar-refractivity contribution is -0.137. The molecule has 0 spiro atoms. The fraction of sp³-hybridized carbons (Fsp3) is 0.0909. The summed E-state index contributed by atoms with van der Waals surface area (Å²) in [6, 6.07) is 2.70. The van der Waals surface area contributed by atoms with Gasteiger partial charge in [0.25, 0.3) is 0 Å². The number of carbonyl (C=O) groups is 1. The van der Waals surface area contributed by atoms with E-state index in [0.29, 0.717) is 10.1 Å². The van der Waals surface area contributed by atoms with Crippen LogP contribution in [0.2, 0.25) is 0 Å². The molecule has 1 aromatic heterocycles. The molecule has 1 amide bonds. The minimum atomic E-state index is -4.44. The molecule has 98 valence electrons. The van der Waals surface area contributed by atoms with Gasteiger partial charge in [0, 0.05) is 17.3 Å². The standard InChI is InChI=1S/C11H6F3N3OS/c12-11(13,14)6-1-2-8-7(5-6)16-9(18)17-4-3-15-10(17)19-8/h1-5H,(H,16,18). The number of rotatable bonds is 0. The van der Waals surface area contributed by atoms with Gasteiger partial charge in [0.05, 0.1) is 11.3 Å². The van der Waals surface area contributed by atoms with Crippen molar-refractivity contribution < 1.29 is 18.0 Å². The zero-order chi connectivity index (χ0) is 13.6. The zero-order valence-electron chi connectivity index (χ0n) is 9.23. The number of hydrogen-bond donors (Lipinski definition) is 1. The van der Waals surface area contributed by atoms with Crippen molar-refractivity contribution in [3.05, 3.63) is 36.2 Å². The molecule has 0 bridgehead atoms. The second-order valence-corrected chi connectivity index (χ2v) is 4.83. The minimum absolute atomic E-state index is 0.135. The van der Waals surface area contributed by atoms with E-state index in [4.69, 9.17) is 0 Å². The molecule has 2 aromatic rings. The van der Waals surface area contributed by atoms with Crippen LogP contribution in [-0.2, 0) is 6.18 Å². The average molecular weight is 285 g/mol. The van der Waals surface area contributed by atoms with Crippen LogP contribution in [0.5, 0.6) is 0 Å². The maximum Gasteiger partial charge on any atom is 0.416 e. The van der Waals surface area contributed by atoms with Crippen LogP contribution in [0, 0.1) is 0 Å². The summed E-state index contributed by atoms with van der Waals surface area (Å²) in [5.74, 6) is 0. The van der Waals surface area contributed by atoms with E-state index in [9.17, 15) is 18.0 Å². The van der Waals surface area contributed by atoms with E-state index in [1.807, 2.05) is 0 Å². The Hall–Kier alpha value is -1.96. The van der Waals surface area contributed by atoms with Gasteiger partial charge in [-0.15, -0.1) is 0 Å². The Kier molecular flexibility index (Phi) is 2.56. The van der Waals surface area contributed by atoms with E-state index in [1.54, 1.807) is 0 Å². The number of hydrogen-bond acceptors (Lipinski definition) is 3. The normalized spacial score (nSPS) is 14.4. The lowest BCUT2D eigenvalue weighted by Crippen LogP contribution is -2.18. The summed E-state index contributed by atoms with van der Waals surface area (Å²) in [6.45, 7) is 0. The van der Waals surface area contributed by atoms with Crippen LogP contribution in [0.3, 0.4) is 0 Å². The van der Waals surface area contributed by atoms with E-state index in [0.717, 1.165) is 23.9 Å². The third-order valence-electron chi connectivity index (χ3n) is 2.58. The molecular weight excluding hydrogens is 279 g/mol. The molecule has 8 heteroatoms. The predicted molar refractivity (Wildman–Crippen MR) is 62.2 cm³/mol. The van der Waals surface area contributed by atoms with Crippen molar-refractivity contribution in [2.24, 2.45) is 0 Å². The number of alkyl halides is 3. The van der Waals surface area contributed by atoms with Gasteiger partial charge in [-0.2, -0.15) is 13.2 Å². The van der Waals surface area contributed by atoms with E-state index in [2.05, 4.69) is 10.3 Å². The molecule has 0 atom stereocenters. The molecular formula is C11H6F3N3OS. The van der Waals surface area contributed by atoms with Gasteiger partial charge >= 0.3 is 12.2 Å². The number of fused-ring (bicyclic) bond motifs is 2. The fourth-order valence-corrected chi connectivity index (χ4v) is 2.59. The Balaban J connectivity index is 2.08. The topological polar surface area (TPSA) is 46.9 Å². The summed E-state index contributed by atoms with van der Waals surface area (Å²) in [6.07, 6.45) is -1.53. The van der Waals surface area contributed by atoms with Crippen molar-refractivity contribution in [2.45, 2.75) is 16.2 Å². The molecule has 2 heterocycles. The Labute approximate surface area is 109 Å². The van der Waals surface area contributed by atoms with Crippen molar-refractivity contribution in [3.63, 3.8) is 0 Å². The largest absolute Gasteiger partial charge is 0.416 e. The number of carbonyl (C=O) groups excluding carboxylic acids is 1. The summed E-state index contributed by atoms with van der Waals surface area (Å²) < 4.78 is 39.1. The first-order chi connectivity index (χ1) is 8.95. The van der Waals surface area contributed by atoms with Crippen LogP contribution in [-0.4, -0.2) is 15.6 Å². The van der Waals surface area contributed by atoms with Gasteiger partial charge < -0.3 is 5.32 Å². The third kappa shape index (κ3) is 2.07. The fourth-order valence-electron chi connectivity index (χ4n) is 1.69. The molecule has 0 fully saturated rings. The molecule has 0 saturated heterocycles. The zero-order valence-corrected chi connectivity index (χ0v) is 10.0. The van der Waals surface area contributed by atoms with Crippen LogP contribution < -0.4 is 5.32 Å². The molecule has 0 saturated carbocycles. The van der Waals surface area contributed by atoms with Gasteiger partial charge in [-0.3, -0.25) is 0 Å². The average Bonchev–Trinajstić information content (AvgIpc) is 2.73. The number of anilines is 1. The summed E-state index contributed by atoms with van der Waals surface area (Å²) in [4.78, 5) is 16.3. The minimum Gasteiger partial charge on any atom is -0.306 e. The van der Waals surface area contributed by atoms with Crippen LogP contribution in [0.1, 0.15) is 5.56 Å². The number of imidazole rings is 1. The number of nitrogens with one attached hydrogen (secondary N) is 1.